The number of nitro groups is 1. The molecule has 9 nitrogen and oxygen atoms in total. The third-order valence-corrected chi connectivity index (χ3v) is 5.38. The number of nitro benzene ring substituents is 1. The molecule has 0 aliphatic heterocycles. The number of nitrogens with one attached hydrogen (secondary N) is 1. The summed E-state index contributed by atoms with van der Waals surface area (Å²) >= 11 is 0. The topological polar surface area (TPSA) is 128 Å². The maximum atomic E-state index is 12.3. The third-order valence-electron chi connectivity index (χ3n) is 4.12. The van der Waals surface area contributed by atoms with Crippen molar-refractivity contribution in [2.24, 2.45) is 5.10 Å². The lowest BCUT2D eigenvalue weighted by atomic mass is 10.2. The van der Waals surface area contributed by atoms with Gasteiger partial charge in [-0.2, -0.15) is 13.5 Å². The van der Waals surface area contributed by atoms with Gasteiger partial charge in [-0.1, -0.05) is 17.7 Å². The van der Waals surface area contributed by atoms with Crippen molar-refractivity contribution in [2.75, 3.05) is 0 Å². The predicted molar refractivity (Wildman–Crippen MR) is 114 cm³/mol. The fourth-order valence-corrected chi connectivity index (χ4v) is 3.38. The Balaban J connectivity index is 1.59. The highest BCUT2D eigenvalue weighted by atomic mass is 32.2. The van der Waals surface area contributed by atoms with E-state index in [1.165, 1.54) is 54.7 Å². The van der Waals surface area contributed by atoms with Gasteiger partial charge in [0.1, 0.15) is 10.6 Å². The Labute approximate surface area is 178 Å². The minimum absolute atomic E-state index is 0.0534. The molecule has 0 aliphatic rings. The summed E-state index contributed by atoms with van der Waals surface area (Å²) < 4.78 is 29.7. The van der Waals surface area contributed by atoms with Crippen LogP contribution in [-0.2, 0) is 10.1 Å². The molecular weight excluding hydrogens is 422 g/mol. The van der Waals surface area contributed by atoms with E-state index < -0.39 is 20.9 Å². The number of amides is 1. The summed E-state index contributed by atoms with van der Waals surface area (Å²) in [5.74, 6) is -0.400. The molecular formula is C21H17N3O6S. The molecule has 3 rings (SSSR count). The maximum absolute atomic E-state index is 12.3. The van der Waals surface area contributed by atoms with Gasteiger partial charge in [-0.3, -0.25) is 14.9 Å². The van der Waals surface area contributed by atoms with Crippen molar-refractivity contribution in [3.8, 4) is 5.75 Å². The summed E-state index contributed by atoms with van der Waals surface area (Å²) in [5.41, 5.74) is 3.93. The third kappa shape index (κ3) is 5.73. The van der Waals surface area contributed by atoms with Crippen molar-refractivity contribution in [3.63, 3.8) is 0 Å². The Morgan fingerprint density at radius 3 is 2.19 bits per heavy atom. The number of carbonyl (C=O) groups is 1. The SMILES string of the molecule is Cc1ccc(S(=O)(=O)Oc2ccc(/C=N\NC(=O)c3ccc([N+](=O)[O-])cc3)cc2)cc1. The predicted octanol–water partition coefficient (Wildman–Crippen LogP) is 3.43. The van der Waals surface area contributed by atoms with Gasteiger partial charge >= 0.3 is 10.1 Å². The Morgan fingerprint density at radius 2 is 1.61 bits per heavy atom. The number of benzene rings is 3. The van der Waals surface area contributed by atoms with E-state index in [1.54, 1.807) is 24.3 Å². The first kappa shape index (κ1) is 21.7. The lowest BCUT2D eigenvalue weighted by Gasteiger charge is -2.07. The Bertz CT molecular complexity index is 1220. The number of carbonyl (C=O) groups excluding carboxylic acids is 1. The summed E-state index contributed by atoms with van der Waals surface area (Å²) in [6.07, 6.45) is 1.36. The van der Waals surface area contributed by atoms with Crippen LogP contribution < -0.4 is 9.61 Å². The number of rotatable bonds is 7. The van der Waals surface area contributed by atoms with Crippen LogP contribution in [0, 0.1) is 17.0 Å². The van der Waals surface area contributed by atoms with Crippen LogP contribution in [0.4, 0.5) is 5.69 Å². The minimum Gasteiger partial charge on any atom is -0.379 e. The maximum Gasteiger partial charge on any atom is 0.339 e. The minimum atomic E-state index is -3.94. The van der Waals surface area contributed by atoms with E-state index in [-0.39, 0.29) is 21.9 Å². The highest BCUT2D eigenvalue weighted by molar-refractivity contribution is 7.87. The van der Waals surface area contributed by atoms with Gasteiger partial charge in [0.2, 0.25) is 0 Å². The second-order valence-electron chi connectivity index (χ2n) is 6.42. The molecule has 0 saturated carbocycles. The van der Waals surface area contributed by atoms with Gasteiger partial charge in [0.05, 0.1) is 11.1 Å². The summed E-state index contributed by atoms with van der Waals surface area (Å²) in [4.78, 5) is 22.1. The number of hydrogen-bond acceptors (Lipinski definition) is 7. The summed E-state index contributed by atoms with van der Waals surface area (Å²) in [7, 11) is -3.94. The second kappa shape index (κ2) is 9.18. The highest BCUT2D eigenvalue weighted by Crippen LogP contribution is 2.19. The molecule has 1 N–H and O–H groups in total. The molecule has 0 radical (unpaired) electrons. The van der Waals surface area contributed by atoms with Crippen LogP contribution >= 0.6 is 0 Å². The van der Waals surface area contributed by atoms with Gasteiger partial charge in [-0.15, -0.1) is 0 Å². The summed E-state index contributed by atoms with van der Waals surface area (Å²) in [6.45, 7) is 1.85. The molecule has 0 aliphatic carbocycles. The molecule has 3 aromatic rings. The first-order chi connectivity index (χ1) is 14.7. The first-order valence-corrected chi connectivity index (χ1v) is 10.3. The van der Waals surface area contributed by atoms with Gasteiger partial charge in [-0.05, 0) is 61.0 Å². The molecule has 3 aromatic carbocycles. The number of hydrazone groups is 1. The first-order valence-electron chi connectivity index (χ1n) is 8.94. The molecule has 31 heavy (non-hydrogen) atoms. The Kier molecular flexibility index (Phi) is 6.41. The lowest BCUT2D eigenvalue weighted by Crippen LogP contribution is -2.17. The molecule has 0 fully saturated rings. The van der Waals surface area contributed by atoms with Crippen LogP contribution in [0.1, 0.15) is 21.5 Å². The largest absolute Gasteiger partial charge is 0.379 e. The standard InChI is InChI=1S/C21H17N3O6S/c1-15-2-12-20(13-3-15)31(28,29)30-19-10-4-16(5-11-19)14-22-23-21(25)17-6-8-18(9-7-17)24(26)27/h2-14H,1H3,(H,23,25)/b22-14-. The quantitative estimate of drug-likeness (QED) is 0.260. The second-order valence-corrected chi connectivity index (χ2v) is 7.97. The molecule has 0 aromatic heterocycles. The van der Waals surface area contributed by atoms with Crippen LogP contribution in [0.15, 0.2) is 82.8 Å². The molecule has 10 heteroatoms. The van der Waals surface area contributed by atoms with Crippen molar-refractivity contribution in [1.29, 1.82) is 0 Å². The zero-order valence-corrected chi connectivity index (χ0v) is 17.1. The highest BCUT2D eigenvalue weighted by Gasteiger charge is 2.16. The van der Waals surface area contributed by atoms with Gasteiger partial charge in [0.15, 0.2) is 0 Å². The zero-order valence-electron chi connectivity index (χ0n) is 16.3. The average molecular weight is 439 g/mol. The molecule has 0 unspecified atom stereocenters. The molecule has 0 bridgehead atoms. The van der Waals surface area contributed by atoms with Crippen LogP contribution in [0.3, 0.4) is 0 Å². The van der Waals surface area contributed by atoms with Crippen molar-refractivity contribution < 1.29 is 22.3 Å². The molecule has 0 heterocycles. The van der Waals surface area contributed by atoms with Crippen LogP contribution in [-0.4, -0.2) is 25.5 Å². The normalized spacial score (nSPS) is 11.3. The monoisotopic (exact) mass is 439 g/mol. The van der Waals surface area contributed by atoms with E-state index in [1.807, 2.05) is 6.92 Å². The van der Waals surface area contributed by atoms with Crippen molar-refractivity contribution >= 4 is 27.9 Å². The van der Waals surface area contributed by atoms with Crippen LogP contribution in [0.5, 0.6) is 5.75 Å². The fourth-order valence-electron chi connectivity index (χ4n) is 2.45. The molecule has 1 amide bonds. The van der Waals surface area contributed by atoms with Crippen LogP contribution in [0.2, 0.25) is 0 Å². The lowest BCUT2D eigenvalue weighted by molar-refractivity contribution is -0.384. The van der Waals surface area contributed by atoms with E-state index >= 15 is 0 Å². The van der Waals surface area contributed by atoms with Crippen LogP contribution in [0.25, 0.3) is 0 Å². The van der Waals surface area contributed by atoms with Gasteiger partial charge in [0, 0.05) is 17.7 Å². The average Bonchev–Trinajstić information content (AvgIpc) is 2.75. The van der Waals surface area contributed by atoms with Gasteiger partial charge in [0.25, 0.3) is 11.6 Å². The number of non-ortho nitro benzene ring substituents is 1. The van der Waals surface area contributed by atoms with E-state index in [2.05, 4.69) is 10.5 Å². The summed E-state index contributed by atoms with van der Waals surface area (Å²) in [5, 5.41) is 14.5. The van der Waals surface area contributed by atoms with Crippen molar-refractivity contribution in [2.45, 2.75) is 11.8 Å². The zero-order chi connectivity index (χ0) is 22.4. The number of hydrogen-bond donors (Lipinski definition) is 1. The number of nitrogens with zero attached hydrogens (tertiary/aromatic N) is 2. The Morgan fingerprint density at radius 1 is 1.00 bits per heavy atom. The smallest absolute Gasteiger partial charge is 0.339 e. The molecule has 0 spiro atoms. The molecule has 0 atom stereocenters. The number of aryl methyl sites for hydroxylation is 1. The molecule has 158 valence electrons. The van der Waals surface area contributed by atoms with E-state index in [0.29, 0.717) is 5.56 Å². The van der Waals surface area contributed by atoms with Crippen molar-refractivity contribution in [1.82, 2.24) is 5.43 Å². The van der Waals surface area contributed by atoms with E-state index in [9.17, 15) is 23.3 Å². The van der Waals surface area contributed by atoms with Crippen molar-refractivity contribution in [3.05, 3.63) is 99.6 Å². The van der Waals surface area contributed by atoms with Gasteiger partial charge < -0.3 is 4.18 Å². The fraction of sp³-hybridized carbons (Fsp3) is 0.0476. The van der Waals surface area contributed by atoms with E-state index in [0.717, 1.165) is 5.56 Å². The Hall–Kier alpha value is -4.05. The summed E-state index contributed by atoms with van der Waals surface area (Å²) in [6, 6.07) is 17.5. The van der Waals surface area contributed by atoms with Gasteiger partial charge in [-0.25, -0.2) is 5.43 Å². The molecule has 0 saturated heterocycles. The van der Waals surface area contributed by atoms with E-state index in [4.69, 9.17) is 4.18 Å².